The van der Waals surface area contributed by atoms with E-state index in [-0.39, 0.29) is 0 Å². The summed E-state index contributed by atoms with van der Waals surface area (Å²) in [5, 5.41) is 3.35. The third-order valence-electron chi connectivity index (χ3n) is 2.17. The van der Waals surface area contributed by atoms with Crippen molar-refractivity contribution < 1.29 is 0 Å². The molecule has 0 aromatic heterocycles. The number of nitrogens with one attached hydrogen (secondary N) is 1. The summed E-state index contributed by atoms with van der Waals surface area (Å²) < 4.78 is 0. The molecule has 9 heavy (non-hydrogen) atoms. The van der Waals surface area contributed by atoms with Gasteiger partial charge in [0.1, 0.15) is 0 Å². The molecule has 2 bridgehead atoms. The highest BCUT2D eigenvalue weighted by Gasteiger charge is 2.27. The minimum Gasteiger partial charge on any atom is -0.368 e. The molecule has 0 spiro atoms. The van der Waals surface area contributed by atoms with Crippen LogP contribution in [0.3, 0.4) is 0 Å². The Labute approximate surface area is 55.5 Å². The zero-order valence-electron chi connectivity index (χ0n) is 5.56. The fourth-order valence-corrected chi connectivity index (χ4v) is 1.67. The van der Waals surface area contributed by atoms with Crippen LogP contribution in [0.4, 0.5) is 0 Å². The van der Waals surface area contributed by atoms with Crippen LogP contribution in [0.15, 0.2) is 12.4 Å². The van der Waals surface area contributed by atoms with Crippen molar-refractivity contribution in [3.63, 3.8) is 0 Å². The fraction of sp³-hybridized carbons (Fsp3) is 0.714. The number of nitrogens with zero attached hydrogens (tertiary/aromatic N) is 1. The average Bonchev–Trinajstić information content (AvgIpc) is 2.09. The van der Waals surface area contributed by atoms with Gasteiger partial charge in [0, 0.05) is 19.1 Å². The van der Waals surface area contributed by atoms with Gasteiger partial charge in [-0.3, -0.25) is 0 Å². The molecule has 0 unspecified atom stereocenters. The summed E-state index contributed by atoms with van der Waals surface area (Å²) >= 11 is 0. The van der Waals surface area contributed by atoms with E-state index in [1.165, 1.54) is 25.9 Å². The third kappa shape index (κ3) is 0.696. The van der Waals surface area contributed by atoms with Gasteiger partial charge < -0.3 is 10.2 Å². The molecule has 0 aliphatic carbocycles. The van der Waals surface area contributed by atoms with Gasteiger partial charge in [0.15, 0.2) is 0 Å². The summed E-state index contributed by atoms with van der Waals surface area (Å²) in [5.41, 5.74) is 0. The van der Waals surface area contributed by atoms with Gasteiger partial charge >= 0.3 is 0 Å². The lowest BCUT2D eigenvalue weighted by atomic mass is 10.1. The largest absolute Gasteiger partial charge is 0.368 e. The first-order valence-corrected chi connectivity index (χ1v) is 3.56. The maximum Gasteiger partial charge on any atom is 0.0942 e. The minimum absolute atomic E-state index is 0.714. The first-order valence-electron chi connectivity index (χ1n) is 3.56. The lowest BCUT2D eigenvalue weighted by Gasteiger charge is -2.21. The second-order valence-electron chi connectivity index (χ2n) is 2.88. The fourth-order valence-electron chi connectivity index (χ4n) is 1.67. The van der Waals surface area contributed by atoms with E-state index < -0.39 is 0 Å². The Morgan fingerprint density at radius 2 is 2.56 bits per heavy atom. The molecule has 0 amide bonds. The first kappa shape index (κ1) is 5.15. The SMILES string of the molecule is C=C1N[C@H]2CCCN1C2. The molecule has 0 aromatic carbocycles. The highest BCUT2D eigenvalue weighted by atomic mass is 15.3. The maximum atomic E-state index is 3.91. The molecule has 2 aliphatic heterocycles. The second kappa shape index (κ2) is 1.66. The minimum atomic E-state index is 0.714. The number of hydrogen-bond donors (Lipinski definition) is 1. The van der Waals surface area contributed by atoms with Gasteiger partial charge in [-0.05, 0) is 12.8 Å². The van der Waals surface area contributed by atoms with Crippen LogP contribution < -0.4 is 5.32 Å². The van der Waals surface area contributed by atoms with Gasteiger partial charge in [0.05, 0.1) is 5.82 Å². The van der Waals surface area contributed by atoms with Crippen LogP contribution in [0.1, 0.15) is 12.8 Å². The van der Waals surface area contributed by atoms with Crippen LogP contribution in [0.5, 0.6) is 0 Å². The third-order valence-corrected chi connectivity index (χ3v) is 2.17. The number of hydrogen-bond acceptors (Lipinski definition) is 2. The van der Waals surface area contributed by atoms with E-state index >= 15 is 0 Å². The van der Waals surface area contributed by atoms with Crippen molar-refractivity contribution in [1.82, 2.24) is 10.2 Å². The Morgan fingerprint density at radius 1 is 1.67 bits per heavy atom. The molecule has 50 valence electrons. The van der Waals surface area contributed by atoms with Crippen molar-refractivity contribution >= 4 is 0 Å². The highest BCUT2D eigenvalue weighted by molar-refractivity contribution is 5.04. The van der Waals surface area contributed by atoms with Crippen molar-refractivity contribution in [2.45, 2.75) is 18.9 Å². The van der Waals surface area contributed by atoms with Crippen molar-refractivity contribution in [3.8, 4) is 0 Å². The maximum absolute atomic E-state index is 3.91. The smallest absolute Gasteiger partial charge is 0.0942 e. The molecule has 0 aromatic rings. The Kier molecular flexibility index (Phi) is 0.949. The van der Waals surface area contributed by atoms with E-state index in [2.05, 4.69) is 16.8 Å². The molecule has 2 nitrogen and oxygen atoms in total. The molecule has 2 heterocycles. The zero-order valence-corrected chi connectivity index (χ0v) is 5.56. The molecule has 2 fully saturated rings. The van der Waals surface area contributed by atoms with Crippen LogP contribution in [-0.4, -0.2) is 24.0 Å². The molecule has 0 saturated carbocycles. The Morgan fingerprint density at radius 3 is 3.22 bits per heavy atom. The molecule has 1 N–H and O–H groups in total. The lowest BCUT2D eigenvalue weighted by Crippen LogP contribution is -2.29. The van der Waals surface area contributed by atoms with Crippen LogP contribution >= 0.6 is 0 Å². The molecule has 1 atom stereocenters. The van der Waals surface area contributed by atoms with Crippen molar-refractivity contribution in [3.05, 3.63) is 12.4 Å². The number of fused-ring (bicyclic) bond motifs is 2. The van der Waals surface area contributed by atoms with Crippen LogP contribution in [-0.2, 0) is 0 Å². The van der Waals surface area contributed by atoms with E-state index in [0.29, 0.717) is 6.04 Å². The van der Waals surface area contributed by atoms with E-state index in [1.807, 2.05) is 0 Å². The molecular weight excluding hydrogens is 112 g/mol. The normalized spacial score (nSPS) is 32.7. The summed E-state index contributed by atoms with van der Waals surface area (Å²) in [4.78, 5) is 2.33. The summed E-state index contributed by atoms with van der Waals surface area (Å²) in [5.74, 6) is 1.14. The average molecular weight is 124 g/mol. The molecule has 2 rings (SSSR count). The van der Waals surface area contributed by atoms with Gasteiger partial charge in [-0.15, -0.1) is 0 Å². The predicted octanol–water partition coefficient (Wildman–Crippen LogP) is 0.525. The topological polar surface area (TPSA) is 15.3 Å². The second-order valence-corrected chi connectivity index (χ2v) is 2.88. The molecule has 2 heteroatoms. The van der Waals surface area contributed by atoms with Crippen molar-refractivity contribution in [2.24, 2.45) is 0 Å². The Hall–Kier alpha value is -0.660. The molecule has 2 aliphatic rings. The van der Waals surface area contributed by atoms with Gasteiger partial charge in [0.25, 0.3) is 0 Å². The Balaban J connectivity index is 2.15. The van der Waals surface area contributed by atoms with Crippen LogP contribution in [0.2, 0.25) is 0 Å². The molecule has 0 radical (unpaired) electrons. The van der Waals surface area contributed by atoms with E-state index in [1.54, 1.807) is 0 Å². The van der Waals surface area contributed by atoms with E-state index in [9.17, 15) is 0 Å². The first-order chi connectivity index (χ1) is 4.36. The molecule has 2 saturated heterocycles. The van der Waals surface area contributed by atoms with Gasteiger partial charge in [-0.1, -0.05) is 6.58 Å². The number of rotatable bonds is 0. The molecular formula is C7H12N2. The summed E-state index contributed by atoms with van der Waals surface area (Å²) in [6.07, 6.45) is 2.66. The predicted molar refractivity (Wildman–Crippen MR) is 36.9 cm³/mol. The standard InChI is InChI=1S/C7H12N2/c1-6-8-7-3-2-4-9(6)5-7/h7-8H,1-5H2/t7-/m0/s1. The van der Waals surface area contributed by atoms with Gasteiger partial charge in [-0.25, -0.2) is 0 Å². The van der Waals surface area contributed by atoms with E-state index in [4.69, 9.17) is 0 Å². The lowest BCUT2D eigenvalue weighted by molar-refractivity contribution is 0.325. The van der Waals surface area contributed by atoms with Crippen molar-refractivity contribution in [1.29, 1.82) is 0 Å². The summed E-state index contributed by atoms with van der Waals surface area (Å²) in [6.45, 7) is 6.32. The van der Waals surface area contributed by atoms with Crippen LogP contribution in [0, 0.1) is 0 Å². The Bertz CT molecular complexity index is 142. The van der Waals surface area contributed by atoms with Gasteiger partial charge in [-0.2, -0.15) is 0 Å². The van der Waals surface area contributed by atoms with E-state index in [0.717, 1.165) is 5.82 Å². The highest BCUT2D eigenvalue weighted by Crippen LogP contribution is 2.19. The monoisotopic (exact) mass is 124 g/mol. The van der Waals surface area contributed by atoms with Crippen molar-refractivity contribution in [2.75, 3.05) is 13.1 Å². The number of piperidine rings is 1. The summed E-state index contributed by atoms with van der Waals surface area (Å²) in [6, 6.07) is 0.714. The van der Waals surface area contributed by atoms with Gasteiger partial charge in [0.2, 0.25) is 0 Å². The quantitative estimate of drug-likeness (QED) is 0.506. The zero-order chi connectivity index (χ0) is 6.27. The summed E-state index contributed by atoms with van der Waals surface area (Å²) in [7, 11) is 0. The van der Waals surface area contributed by atoms with Crippen LogP contribution in [0.25, 0.3) is 0 Å².